The third-order valence-corrected chi connectivity index (χ3v) is 7.09. The van der Waals surface area contributed by atoms with Gasteiger partial charge in [-0.25, -0.2) is 33.7 Å². The fourth-order valence-electron chi connectivity index (χ4n) is 2.28. The van der Waals surface area contributed by atoms with Crippen LogP contribution in [0.1, 0.15) is 0 Å². The van der Waals surface area contributed by atoms with Crippen molar-refractivity contribution in [2.24, 2.45) is 0 Å². The molecule has 17 heteroatoms. The Morgan fingerprint density at radius 1 is 0.481 bits per heavy atom. The van der Waals surface area contributed by atoms with E-state index in [9.17, 15) is 51.9 Å². The van der Waals surface area contributed by atoms with Crippen molar-refractivity contribution in [3.63, 3.8) is 0 Å². The van der Waals surface area contributed by atoms with Crippen molar-refractivity contribution in [1.82, 2.24) is 0 Å². The predicted octanol–water partition coefficient (Wildman–Crippen LogP) is -1.55. The van der Waals surface area contributed by atoms with E-state index in [1.54, 1.807) is 0 Å². The maximum atomic E-state index is 11.5. The van der Waals surface area contributed by atoms with Crippen LogP contribution in [-0.2, 0) is 57.3 Å². The Bertz CT molecular complexity index is 1250. The predicted molar refractivity (Wildman–Crippen MR) is 75.8 cm³/mol. The molecule has 27 heavy (non-hydrogen) atoms. The van der Waals surface area contributed by atoms with Crippen molar-refractivity contribution in [3.8, 4) is 0 Å². The van der Waals surface area contributed by atoms with Crippen LogP contribution in [0.2, 0.25) is 0 Å². The van der Waals surface area contributed by atoms with Crippen molar-refractivity contribution in [2.75, 3.05) is 0 Å². The van der Waals surface area contributed by atoms with Crippen molar-refractivity contribution in [3.05, 3.63) is 24.3 Å². The Kier molecular flexibility index (Phi) is 6.21. The van der Waals surface area contributed by atoms with Gasteiger partial charge in [0.15, 0.2) is 0 Å². The van der Waals surface area contributed by atoms with Gasteiger partial charge in [-0.1, -0.05) is 24.3 Å². The molecule has 2 aromatic carbocycles. The fourth-order valence-corrected chi connectivity index (χ4v) is 7.13. The van der Waals surface area contributed by atoms with Gasteiger partial charge >= 0.3 is 0 Å². The maximum Gasteiger partial charge on any atom is 0.127 e. The van der Waals surface area contributed by atoms with Gasteiger partial charge in [0.1, 0.15) is 40.5 Å². The molecule has 0 unspecified atom stereocenters. The number of hydrogen-bond acceptors (Lipinski definition) is 12. The van der Waals surface area contributed by atoms with Gasteiger partial charge < -0.3 is 18.2 Å². The minimum absolute atomic E-state index is 0. The van der Waals surface area contributed by atoms with Gasteiger partial charge in [-0.15, -0.1) is 0 Å². The van der Waals surface area contributed by atoms with Gasteiger partial charge in [0.2, 0.25) is 0 Å². The third-order valence-electron chi connectivity index (χ3n) is 3.04. The van der Waals surface area contributed by atoms with E-state index in [0.717, 1.165) is 12.1 Å². The summed E-state index contributed by atoms with van der Waals surface area (Å²) in [5.41, 5.74) is 0. The zero-order valence-electron chi connectivity index (χ0n) is 12.2. The van der Waals surface area contributed by atoms with Crippen LogP contribution in [-0.4, -0.2) is 51.9 Å². The minimum atomic E-state index is -6.22. The van der Waals surface area contributed by atoms with Crippen LogP contribution in [0.4, 0.5) is 0 Å². The van der Waals surface area contributed by atoms with Crippen LogP contribution < -0.4 is 0 Å². The number of hydrogen-bond donors (Lipinski definition) is 0. The SMILES string of the molecule is O=S(=O)([O-])c1c(S(=O)(=O)[O-])c(S(=O)(=O)[O-])c2ccccc2c1S(=O)(=O)[O-].[Co]. The molecule has 0 bridgehead atoms. The van der Waals surface area contributed by atoms with Crippen molar-refractivity contribution in [1.29, 1.82) is 0 Å². The topological polar surface area (TPSA) is 229 Å². The molecule has 0 spiro atoms. The van der Waals surface area contributed by atoms with E-state index in [4.69, 9.17) is 0 Å². The van der Waals surface area contributed by atoms with Gasteiger partial charge in [-0.3, -0.25) is 0 Å². The van der Waals surface area contributed by atoms with Crippen LogP contribution in [0, 0.1) is 0 Å². The molecule has 2 aromatic rings. The zero-order chi connectivity index (χ0) is 20.3. The second kappa shape index (κ2) is 7.03. The van der Waals surface area contributed by atoms with Crippen LogP contribution in [0.5, 0.6) is 0 Å². The summed E-state index contributed by atoms with van der Waals surface area (Å²) in [5, 5.41) is -2.06. The first-order chi connectivity index (χ1) is 11.5. The molecule has 0 amide bonds. The van der Waals surface area contributed by atoms with Gasteiger partial charge in [-0.05, 0) is 0 Å². The van der Waals surface area contributed by atoms with E-state index >= 15 is 0 Å². The van der Waals surface area contributed by atoms with Crippen molar-refractivity contribution >= 4 is 51.2 Å². The quantitative estimate of drug-likeness (QED) is 0.432. The average Bonchev–Trinajstić information content (AvgIpc) is 2.40. The summed E-state index contributed by atoms with van der Waals surface area (Å²) in [5.74, 6) is 0. The smallest absolute Gasteiger partial charge is 0.127 e. The zero-order valence-corrected chi connectivity index (χ0v) is 16.5. The molecule has 2 rings (SSSR count). The normalized spacial score (nSPS) is 13.3. The first-order valence-electron chi connectivity index (χ1n) is 5.89. The Morgan fingerprint density at radius 3 is 0.889 bits per heavy atom. The van der Waals surface area contributed by atoms with Crippen LogP contribution in [0.3, 0.4) is 0 Å². The van der Waals surface area contributed by atoms with Crippen LogP contribution in [0.15, 0.2) is 43.8 Å². The summed E-state index contributed by atoms with van der Waals surface area (Å²) in [6.07, 6.45) is 0. The monoisotopic (exact) mass is 503 g/mol. The van der Waals surface area contributed by atoms with Gasteiger partial charge in [-0.2, -0.15) is 0 Å². The largest absolute Gasteiger partial charge is 0.744 e. The molecule has 0 saturated heterocycles. The Labute approximate surface area is 163 Å². The minimum Gasteiger partial charge on any atom is -0.744 e. The number of fused-ring (bicyclic) bond motifs is 1. The molecule has 0 fully saturated rings. The molecule has 0 N–H and O–H groups in total. The van der Waals surface area contributed by atoms with Crippen molar-refractivity contribution < 1.29 is 68.7 Å². The molecule has 12 nitrogen and oxygen atoms in total. The fraction of sp³-hybridized carbons (Fsp3) is 0. The van der Waals surface area contributed by atoms with Crippen LogP contribution in [0.25, 0.3) is 10.8 Å². The Morgan fingerprint density at radius 2 is 0.704 bits per heavy atom. The number of benzene rings is 2. The molecule has 0 aliphatic rings. The molecule has 1 radical (unpaired) electrons. The molecular formula is C10H4CoO12S4-4. The van der Waals surface area contributed by atoms with E-state index < -0.39 is 70.8 Å². The summed E-state index contributed by atoms with van der Waals surface area (Å²) in [4.78, 5) is -8.69. The van der Waals surface area contributed by atoms with Gasteiger partial charge in [0, 0.05) is 27.6 Å². The molecule has 0 heterocycles. The summed E-state index contributed by atoms with van der Waals surface area (Å²) >= 11 is 0. The molecule has 153 valence electrons. The molecule has 0 atom stereocenters. The maximum absolute atomic E-state index is 11.5. The molecular weight excluding hydrogens is 499 g/mol. The second-order valence-electron chi connectivity index (χ2n) is 4.68. The van der Waals surface area contributed by atoms with Crippen LogP contribution >= 0.6 is 0 Å². The van der Waals surface area contributed by atoms with E-state index in [-0.39, 0.29) is 16.8 Å². The third kappa shape index (κ3) is 4.47. The molecule has 0 aromatic heterocycles. The van der Waals surface area contributed by atoms with E-state index in [1.165, 1.54) is 0 Å². The first-order valence-corrected chi connectivity index (χ1v) is 11.5. The molecule has 0 aliphatic carbocycles. The van der Waals surface area contributed by atoms with Gasteiger partial charge in [0.25, 0.3) is 0 Å². The van der Waals surface area contributed by atoms with Gasteiger partial charge in [0.05, 0.1) is 19.6 Å². The first kappa shape index (κ1) is 23.9. The van der Waals surface area contributed by atoms with E-state index in [1.807, 2.05) is 0 Å². The summed E-state index contributed by atoms with van der Waals surface area (Å²) in [6, 6.07) is 3.27. The average molecular weight is 503 g/mol. The molecule has 0 saturated carbocycles. The standard InChI is InChI=1S/C10H8O12S4.Co/c11-23(12,13)7-5-3-1-2-4-6(5)8(24(14,15)16)10(26(20,21)22)9(7)25(17,18)19;/h1-4H,(H,11,12,13)(H,14,15,16)(H,17,18,19)(H,20,21,22);/p-4. The van der Waals surface area contributed by atoms with Crippen molar-refractivity contribution in [2.45, 2.75) is 19.6 Å². The summed E-state index contributed by atoms with van der Waals surface area (Å²) in [7, 11) is -24.3. The van der Waals surface area contributed by atoms with E-state index in [0.29, 0.717) is 12.1 Å². The Hall–Kier alpha value is -1.15. The van der Waals surface area contributed by atoms with E-state index in [2.05, 4.69) is 0 Å². The second-order valence-corrected chi connectivity index (χ2v) is 9.94. The summed E-state index contributed by atoms with van der Waals surface area (Å²) in [6.45, 7) is 0. The summed E-state index contributed by atoms with van der Waals surface area (Å²) < 4.78 is 137. The number of rotatable bonds is 4. The Balaban J connectivity index is 0.00000364. The molecule has 0 aliphatic heterocycles.